The molecule has 0 saturated heterocycles. The topological polar surface area (TPSA) is 39.3 Å². The first kappa shape index (κ1) is 18.4. The van der Waals surface area contributed by atoms with E-state index in [4.69, 9.17) is 0 Å². The zero-order valence-electron chi connectivity index (χ0n) is 16.2. The van der Waals surface area contributed by atoms with Crippen LogP contribution in [0.2, 0.25) is 0 Å². The third-order valence-electron chi connectivity index (χ3n) is 4.94. The van der Waals surface area contributed by atoms with Crippen LogP contribution in [0.4, 0.5) is 0 Å². The summed E-state index contributed by atoms with van der Waals surface area (Å²) in [4.78, 5) is 6.83. The van der Waals surface area contributed by atoms with Crippen molar-refractivity contribution >= 4 is 0 Å². The fourth-order valence-electron chi connectivity index (χ4n) is 3.41. The van der Waals surface area contributed by atoms with Gasteiger partial charge in [0.2, 0.25) is 0 Å². The van der Waals surface area contributed by atoms with Crippen LogP contribution in [-0.2, 0) is 25.9 Å². The molecule has 4 heteroatoms. The van der Waals surface area contributed by atoms with Gasteiger partial charge >= 0.3 is 0 Å². The molecule has 0 bridgehead atoms. The molecule has 0 aliphatic carbocycles. The van der Waals surface area contributed by atoms with E-state index >= 15 is 0 Å². The van der Waals surface area contributed by atoms with Crippen LogP contribution in [0.15, 0.2) is 49.1 Å². The summed E-state index contributed by atoms with van der Waals surface area (Å²) in [5.41, 5.74) is 2.73. The highest BCUT2D eigenvalue weighted by molar-refractivity contribution is 5.27. The molecule has 0 aliphatic heterocycles. The average molecular weight is 353 g/mol. The fraction of sp³-hybridized carbons (Fsp3) is 0.455. The standard InChI is InChI=1S/C22H30N4/c1-3-5-12-25-14-10-23-21(25)17-19-8-7-9-20(16-19)18-22-24-11-15-26(22)13-6-4-2/h7-11,14-16H,3-6,12-13,17-18H2,1-2H3/p+2. The number of nitrogens with zero attached hydrogens (tertiary/aromatic N) is 2. The van der Waals surface area contributed by atoms with E-state index in [2.05, 4.69) is 69.6 Å². The molecule has 0 spiro atoms. The number of imidazole rings is 2. The summed E-state index contributed by atoms with van der Waals surface area (Å²) in [6, 6.07) is 8.99. The highest BCUT2D eigenvalue weighted by Gasteiger charge is 2.14. The molecular weight excluding hydrogens is 320 g/mol. The highest BCUT2D eigenvalue weighted by atomic mass is 15.1. The summed E-state index contributed by atoms with van der Waals surface area (Å²) in [5, 5.41) is 0. The van der Waals surface area contributed by atoms with Gasteiger partial charge in [-0.15, -0.1) is 0 Å². The lowest BCUT2D eigenvalue weighted by atomic mass is 10.1. The van der Waals surface area contributed by atoms with Crippen molar-refractivity contribution in [1.82, 2.24) is 9.97 Å². The van der Waals surface area contributed by atoms with Crippen LogP contribution in [-0.4, -0.2) is 9.97 Å². The second kappa shape index (κ2) is 9.37. The number of aromatic amines is 2. The first-order chi connectivity index (χ1) is 12.8. The van der Waals surface area contributed by atoms with Crippen LogP contribution in [0, 0.1) is 0 Å². The fourth-order valence-corrected chi connectivity index (χ4v) is 3.41. The first-order valence-corrected chi connectivity index (χ1v) is 9.99. The Labute approximate surface area is 156 Å². The van der Waals surface area contributed by atoms with E-state index < -0.39 is 0 Å². The van der Waals surface area contributed by atoms with Crippen molar-refractivity contribution in [3.05, 3.63) is 71.8 Å². The predicted molar refractivity (Wildman–Crippen MR) is 104 cm³/mol. The van der Waals surface area contributed by atoms with E-state index in [1.165, 1.54) is 48.5 Å². The van der Waals surface area contributed by atoms with Crippen LogP contribution >= 0.6 is 0 Å². The van der Waals surface area contributed by atoms with E-state index in [1.807, 2.05) is 12.4 Å². The Balaban J connectivity index is 1.69. The number of aromatic nitrogens is 4. The maximum absolute atomic E-state index is 3.41. The van der Waals surface area contributed by atoms with Gasteiger partial charge in [0.1, 0.15) is 24.8 Å². The Morgan fingerprint density at radius 2 is 1.27 bits per heavy atom. The van der Waals surface area contributed by atoms with Crippen molar-refractivity contribution < 1.29 is 9.13 Å². The van der Waals surface area contributed by atoms with Crippen LogP contribution < -0.4 is 9.13 Å². The second-order valence-corrected chi connectivity index (χ2v) is 7.08. The second-order valence-electron chi connectivity index (χ2n) is 7.08. The van der Waals surface area contributed by atoms with Crippen LogP contribution in [0.1, 0.15) is 62.3 Å². The van der Waals surface area contributed by atoms with E-state index in [0.717, 1.165) is 25.9 Å². The Morgan fingerprint density at radius 1 is 0.769 bits per heavy atom. The minimum atomic E-state index is 0.950. The molecule has 0 amide bonds. The van der Waals surface area contributed by atoms with Crippen molar-refractivity contribution in [2.45, 2.75) is 65.5 Å². The lowest BCUT2D eigenvalue weighted by Gasteiger charge is -2.04. The van der Waals surface area contributed by atoms with E-state index in [-0.39, 0.29) is 0 Å². The molecule has 3 aromatic rings. The minimum Gasteiger partial charge on any atom is -0.247 e. The van der Waals surface area contributed by atoms with Crippen molar-refractivity contribution in [1.29, 1.82) is 0 Å². The molecule has 0 atom stereocenters. The van der Waals surface area contributed by atoms with Crippen LogP contribution in [0.5, 0.6) is 0 Å². The number of hydrogen-bond acceptors (Lipinski definition) is 0. The van der Waals surface area contributed by atoms with Gasteiger partial charge in [-0.3, -0.25) is 0 Å². The van der Waals surface area contributed by atoms with Crippen molar-refractivity contribution in [3.63, 3.8) is 0 Å². The van der Waals surface area contributed by atoms with Crippen molar-refractivity contribution in [3.8, 4) is 0 Å². The molecule has 4 nitrogen and oxygen atoms in total. The van der Waals surface area contributed by atoms with Crippen LogP contribution in [0.25, 0.3) is 0 Å². The van der Waals surface area contributed by atoms with Gasteiger partial charge in [0.15, 0.2) is 0 Å². The molecule has 138 valence electrons. The van der Waals surface area contributed by atoms with E-state index in [0.29, 0.717) is 0 Å². The van der Waals surface area contributed by atoms with Gasteiger partial charge in [0.05, 0.1) is 25.9 Å². The van der Waals surface area contributed by atoms with E-state index in [1.54, 1.807) is 0 Å². The van der Waals surface area contributed by atoms with Gasteiger partial charge in [-0.1, -0.05) is 51.0 Å². The van der Waals surface area contributed by atoms with Gasteiger partial charge in [0, 0.05) is 0 Å². The molecule has 0 radical (unpaired) electrons. The normalized spacial score (nSPS) is 11.2. The molecule has 2 N–H and O–H groups in total. The molecule has 0 aliphatic rings. The Morgan fingerprint density at radius 3 is 1.73 bits per heavy atom. The summed E-state index contributed by atoms with van der Waals surface area (Å²) in [6.07, 6.45) is 15.2. The lowest BCUT2D eigenvalue weighted by molar-refractivity contribution is -0.703. The molecule has 1 aromatic carbocycles. The molecule has 26 heavy (non-hydrogen) atoms. The van der Waals surface area contributed by atoms with E-state index in [9.17, 15) is 0 Å². The number of H-pyrrole nitrogens is 2. The number of hydrogen-bond donors (Lipinski definition) is 2. The first-order valence-electron chi connectivity index (χ1n) is 9.99. The molecule has 0 fully saturated rings. The van der Waals surface area contributed by atoms with Gasteiger partial charge in [-0.05, 0) is 24.0 Å². The predicted octanol–water partition coefficient (Wildman–Crippen LogP) is 3.70. The third-order valence-corrected chi connectivity index (χ3v) is 4.94. The van der Waals surface area contributed by atoms with Crippen molar-refractivity contribution in [2.75, 3.05) is 0 Å². The highest BCUT2D eigenvalue weighted by Crippen LogP contribution is 2.11. The van der Waals surface area contributed by atoms with Gasteiger partial charge in [0.25, 0.3) is 11.6 Å². The maximum Gasteiger partial charge on any atom is 0.258 e. The van der Waals surface area contributed by atoms with Gasteiger partial charge in [-0.25, -0.2) is 19.1 Å². The third kappa shape index (κ3) is 4.84. The van der Waals surface area contributed by atoms with Gasteiger partial charge in [-0.2, -0.15) is 0 Å². The number of rotatable bonds is 10. The smallest absolute Gasteiger partial charge is 0.247 e. The molecular formula is C22H32N4+2. The maximum atomic E-state index is 3.41. The van der Waals surface area contributed by atoms with Crippen molar-refractivity contribution in [2.24, 2.45) is 0 Å². The summed E-state index contributed by atoms with van der Waals surface area (Å²) >= 11 is 0. The average Bonchev–Trinajstić information content (AvgIpc) is 3.28. The Bertz CT molecular complexity index is 736. The monoisotopic (exact) mass is 352 g/mol. The summed E-state index contributed by atoms with van der Waals surface area (Å²) in [6.45, 7) is 6.66. The molecule has 2 aromatic heterocycles. The Kier molecular flexibility index (Phi) is 6.64. The SMILES string of the molecule is CCCC[n+]1cc[nH]c1Cc1cccc(Cc2[nH]cc[n+]2CCCC)c1. The molecule has 0 unspecified atom stereocenters. The zero-order valence-corrected chi connectivity index (χ0v) is 16.2. The quantitative estimate of drug-likeness (QED) is 0.522. The number of benzene rings is 1. The zero-order chi connectivity index (χ0) is 18.2. The summed E-state index contributed by atoms with van der Waals surface area (Å²) < 4.78 is 4.69. The lowest BCUT2D eigenvalue weighted by Crippen LogP contribution is -2.36. The minimum absolute atomic E-state index is 0.950. The molecule has 3 rings (SSSR count). The number of aryl methyl sites for hydroxylation is 2. The summed E-state index contributed by atoms with van der Waals surface area (Å²) in [7, 11) is 0. The number of nitrogens with one attached hydrogen (secondary N) is 2. The molecule has 0 saturated carbocycles. The largest absolute Gasteiger partial charge is 0.258 e. The molecule has 2 heterocycles. The van der Waals surface area contributed by atoms with Gasteiger partial charge < -0.3 is 0 Å². The van der Waals surface area contributed by atoms with Crippen LogP contribution in [0.3, 0.4) is 0 Å². The Hall–Kier alpha value is -2.36. The summed E-state index contributed by atoms with van der Waals surface area (Å²) in [5.74, 6) is 2.57. The number of unbranched alkanes of at least 4 members (excludes halogenated alkanes) is 2.